The van der Waals surface area contributed by atoms with E-state index in [-0.39, 0.29) is 11.9 Å². The minimum Gasteiger partial charge on any atom is -0.374 e. The second kappa shape index (κ2) is 7.94. The molecule has 0 saturated carbocycles. The summed E-state index contributed by atoms with van der Waals surface area (Å²) < 4.78 is 0. The molecule has 0 aliphatic carbocycles. The van der Waals surface area contributed by atoms with Crippen molar-refractivity contribution in [1.29, 1.82) is 0 Å². The SMILES string of the molecule is Cc1ccc(N[C@@H](C)C(=O)Nc2ncc(Cc3ccccc3)s2)cc1. The second-order valence-electron chi connectivity index (χ2n) is 6.02. The first-order valence-corrected chi connectivity index (χ1v) is 9.04. The molecule has 4 nitrogen and oxygen atoms in total. The Morgan fingerprint density at radius 1 is 1.12 bits per heavy atom. The highest BCUT2D eigenvalue weighted by Gasteiger charge is 2.14. The van der Waals surface area contributed by atoms with Crippen molar-refractivity contribution in [3.05, 3.63) is 76.8 Å². The minimum atomic E-state index is -0.343. The molecule has 0 saturated heterocycles. The lowest BCUT2D eigenvalue weighted by molar-refractivity contribution is -0.116. The summed E-state index contributed by atoms with van der Waals surface area (Å²) in [6.07, 6.45) is 2.65. The second-order valence-corrected chi connectivity index (χ2v) is 7.13. The third-order valence-electron chi connectivity index (χ3n) is 3.83. The molecule has 1 aromatic heterocycles. The zero-order chi connectivity index (χ0) is 17.6. The van der Waals surface area contributed by atoms with Gasteiger partial charge in [0.2, 0.25) is 5.91 Å². The summed E-state index contributed by atoms with van der Waals surface area (Å²) >= 11 is 1.51. The number of amides is 1. The van der Waals surface area contributed by atoms with Gasteiger partial charge in [-0.1, -0.05) is 48.0 Å². The first kappa shape index (κ1) is 17.2. The van der Waals surface area contributed by atoms with Crippen molar-refractivity contribution in [3.63, 3.8) is 0 Å². The molecule has 3 rings (SSSR count). The summed E-state index contributed by atoms with van der Waals surface area (Å²) in [5.41, 5.74) is 3.35. The van der Waals surface area contributed by atoms with Gasteiger partial charge in [0.25, 0.3) is 0 Å². The number of nitrogens with zero attached hydrogens (tertiary/aromatic N) is 1. The van der Waals surface area contributed by atoms with Gasteiger partial charge in [-0.25, -0.2) is 4.98 Å². The van der Waals surface area contributed by atoms with E-state index >= 15 is 0 Å². The highest BCUT2D eigenvalue weighted by molar-refractivity contribution is 7.15. The maximum absolute atomic E-state index is 12.3. The summed E-state index contributed by atoms with van der Waals surface area (Å²) in [6.45, 7) is 3.88. The van der Waals surface area contributed by atoms with E-state index in [2.05, 4.69) is 27.8 Å². The molecule has 3 aromatic rings. The molecule has 1 heterocycles. The van der Waals surface area contributed by atoms with E-state index in [1.54, 1.807) is 0 Å². The molecule has 2 N–H and O–H groups in total. The number of anilines is 2. The van der Waals surface area contributed by atoms with Crippen molar-refractivity contribution in [2.45, 2.75) is 26.3 Å². The Kier molecular flexibility index (Phi) is 5.46. The molecular formula is C20H21N3OS. The monoisotopic (exact) mass is 351 g/mol. The normalized spacial score (nSPS) is 11.8. The molecule has 25 heavy (non-hydrogen) atoms. The molecule has 2 aromatic carbocycles. The van der Waals surface area contributed by atoms with Gasteiger partial charge in [0.05, 0.1) is 0 Å². The van der Waals surface area contributed by atoms with Gasteiger partial charge in [-0.3, -0.25) is 4.79 Å². The van der Waals surface area contributed by atoms with E-state index in [1.807, 2.05) is 62.5 Å². The van der Waals surface area contributed by atoms with Gasteiger partial charge in [0, 0.05) is 23.2 Å². The van der Waals surface area contributed by atoms with Gasteiger partial charge in [-0.2, -0.15) is 0 Å². The van der Waals surface area contributed by atoms with Crippen LogP contribution >= 0.6 is 11.3 Å². The zero-order valence-electron chi connectivity index (χ0n) is 14.3. The number of thiazole rings is 1. The smallest absolute Gasteiger partial charge is 0.248 e. The summed E-state index contributed by atoms with van der Waals surface area (Å²) in [7, 11) is 0. The Morgan fingerprint density at radius 3 is 2.56 bits per heavy atom. The van der Waals surface area contributed by atoms with E-state index in [9.17, 15) is 4.79 Å². The molecule has 0 unspecified atom stereocenters. The number of hydrogen-bond acceptors (Lipinski definition) is 4. The predicted molar refractivity (Wildman–Crippen MR) is 104 cm³/mol. The van der Waals surface area contributed by atoms with Crippen LogP contribution in [-0.4, -0.2) is 16.9 Å². The standard InChI is InChI=1S/C20H21N3OS/c1-14-8-10-17(11-9-14)22-15(2)19(24)23-20-21-13-18(25-20)12-16-6-4-3-5-7-16/h3-11,13,15,22H,12H2,1-2H3,(H,21,23,24)/t15-/m0/s1. The average Bonchev–Trinajstić information content (AvgIpc) is 3.04. The van der Waals surface area contributed by atoms with Crippen molar-refractivity contribution in [2.24, 2.45) is 0 Å². The lowest BCUT2D eigenvalue weighted by Crippen LogP contribution is -2.31. The van der Waals surface area contributed by atoms with Crippen molar-refractivity contribution in [2.75, 3.05) is 10.6 Å². The lowest BCUT2D eigenvalue weighted by Gasteiger charge is -2.14. The van der Waals surface area contributed by atoms with Crippen molar-refractivity contribution >= 4 is 28.1 Å². The van der Waals surface area contributed by atoms with Crippen LogP contribution in [0.4, 0.5) is 10.8 Å². The molecule has 1 atom stereocenters. The number of aryl methyl sites for hydroxylation is 1. The predicted octanol–water partition coefficient (Wildman–Crippen LogP) is 4.48. The number of benzene rings is 2. The van der Waals surface area contributed by atoms with E-state index in [1.165, 1.54) is 22.5 Å². The molecule has 5 heteroatoms. The van der Waals surface area contributed by atoms with Crippen LogP contribution in [0.2, 0.25) is 0 Å². The number of carbonyl (C=O) groups excluding carboxylic acids is 1. The maximum atomic E-state index is 12.3. The van der Waals surface area contributed by atoms with E-state index < -0.39 is 0 Å². The number of aromatic nitrogens is 1. The number of nitrogens with one attached hydrogen (secondary N) is 2. The number of hydrogen-bond donors (Lipinski definition) is 2. The van der Waals surface area contributed by atoms with E-state index in [0.717, 1.165) is 17.0 Å². The van der Waals surface area contributed by atoms with Crippen LogP contribution in [0.5, 0.6) is 0 Å². The largest absolute Gasteiger partial charge is 0.374 e. The van der Waals surface area contributed by atoms with Crippen LogP contribution in [0.1, 0.15) is 22.9 Å². The van der Waals surface area contributed by atoms with Crippen LogP contribution in [0, 0.1) is 6.92 Å². The molecule has 0 radical (unpaired) electrons. The van der Waals surface area contributed by atoms with Gasteiger partial charge < -0.3 is 10.6 Å². The van der Waals surface area contributed by atoms with Crippen LogP contribution in [-0.2, 0) is 11.2 Å². The lowest BCUT2D eigenvalue weighted by atomic mass is 10.1. The van der Waals surface area contributed by atoms with Crippen molar-refractivity contribution in [1.82, 2.24) is 4.98 Å². The molecule has 0 spiro atoms. The van der Waals surface area contributed by atoms with Gasteiger partial charge in [-0.05, 0) is 31.5 Å². The molecule has 1 amide bonds. The van der Waals surface area contributed by atoms with Crippen molar-refractivity contribution < 1.29 is 4.79 Å². The molecule has 0 aliphatic heterocycles. The highest BCUT2D eigenvalue weighted by atomic mass is 32.1. The Bertz CT molecular complexity index is 828. The Balaban J connectivity index is 1.56. The van der Waals surface area contributed by atoms with Gasteiger partial charge in [-0.15, -0.1) is 11.3 Å². The molecule has 0 aliphatic rings. The van der Waals surface area contributed by atoms with Gasteiger partial charge in [0.15, 0.2) is 5.13 Å². The Labute approximate surface area is 151 Å². The quantitative estimate of drug-likeness (QED) is 0.688. The van der Waals surface area contributed by atoms with Crippen LogP contribution in [0.3, 0.4) is 0 Å². The minimum absolute atomic E-state index is 0.0961. The Morgan fingerprint density at radius 2 is 1.84 bits per heavy atom. The van der Waals surface area contributed by atoms with Gasteiger partial charge >= 0.3 is 0 Å². The summed E-state index contributed by atoms with van der Waals surface area (Å²) in [5.74, 6) is -0.0961. The van der Waals surface area contributed by atoms with Gasteiger partial charge in [0.1, 0.15) is 6.04 Å². The summed E-state index contributed by atoms with van der Waals surface area (Å²) in [5, 5.41) is 6.72. The fourth-order valence-electron chi connectivity index (χ4n) is 2.42. The van der Waals surface area contributed by atoms with E-state index in [4.69, 9.17) is 0 Å². The average molecular weight is 351 g/mol. The molecule has 0 fully saturated rings. The maximum Gasteiger partial charge on any atom is 0.248 e. The van der Waals surface area contributed by atoms with Crippen molar-refractivity contribution in [3.8, 4) is 0 Å². The first-order chi connectivity index (χ1) is 12.1. The molecule has 128 valence electrons. The topological polar surface area (TPSA) is 54.0 Å². The third-order valence-corrected chi connectivity index (χ3v) is 4.75. The number of carbonyl (C=O) groups is 1. The number of rotatable bonds is 6. The fraction of sp³-hybridized carbons (Fsp3) is 0.200. The fourth-order valence-corrected chi connectivity index (χ4v) is 3.27. The molecular weight excluding hydrogens is 330 g/mol. The summed E-state index contributed by atoms with van der Waals surface area (Å²) in [4.78, 5) is 17.8. The van der Waals surface area contributed by atoms with Crippen LogP contribution < -0.4 is 10.6 Å². The third kappa shape index (κ3) is 4.90. The first-order valence-electron chi connectivity index (χ1n) is 8.23. The molecule has 0 bridgehead atoms. The Hall–Kier alpha value is -2.66. The summed E-state index contributed by atoms with van der Waals surface area (Å²) in [6, 6.07) is 17.9. The zero-order valence-corrected chi connectivity index (χ0v) is 15.1. The van der Waals surface area contributed by atoms with Crippen LogP contribution in [0.15, 0.2) is 60.8 Å². The highest BCUT2D eigenvalue weighted by Crippen LogP contribution is 2.21. The van der Waals surface area contributed by atoms with E-state index in [0.29, 0.717) is 5.13 Å². The van der Waals surface area contributed by atoms with Crippen LogP contribution in [0.25, 0.3) is 0 Å².